The molecule has 0 fully saturated rings. The first-order valence-electron chi connectivity index (χ1n) is 47.9. The van der Waals surface area contributed by atoms with E-state index in [2.05, 4.69) is 378 Å². The number of hydrogen-bond donors (Lipinski definition) is 0. The topological polar surface area (TPSA) is 118 Å². The van der Waals surface area contributed by atoms with E-state index in [4.69, 9.17) is 39.9 Å². The zero-order valence-corrected chi connectivity index (χ0v) is 75.9. The van der Waals surface area contributed by atoms with Gasteiger partial charge in [0.05, 0.1) is 50.0 Å². The van der Waals surface area contributed by atoms with Crippen LogP contribution in [0, 0.1) is 0 Å². The van der Waals surface area contributed by atoms with Gasteiger partial charge in [-0.2, -0.15) is 0 Å². The molecule has 28 aromatic rings. The van der Waals surface area contributed by atoms with Crippen LogP contribution in [0.25, 0.3) is 294 Å². The maximum absolute atomic E-state index is 5.26. The van der Waals surface area contributed by atoms with Crippen molar-refractivity contribution < 1.29 is 0 Å². The molecule has 31 rings (SSSR count). The molecule has 0 unspecified atom stereocenters. The van der Waals surface area contributed by atoms with Crippen molar-refractivity contribution in [3.05, 3.63) is 467 Å². The van der Waals surface area contributed by atoms with Crippen LogP contribution in [0.1, 0.15) is 0 Å². The fourth-order valence-electron chi connectivity index (χ4n) is 22.8. The molecule has 0 spiro atoms. The Bertz CT molecular complexity index is 10100. The van der Waals surface area contributed by atoms with Crippen LogP contribution in [-0.4, -0.2) is 53.6 Å². The van der Waals surface area contributed by atoms with Crippen LogP contribution in [0.15, 0.2) is 467 Å². The Kier molecular flexibility index (Phi) is 17.9. The Morgan fingerprint density at radius 2 is 0.468 bits per heavy atom. The standard InChI is InChI=1S/2C47H28N4.C36H21N3/c1-3-13-30(14-4-1)45-48-46(31-15-5-2-6-16-31)50-47(49-45)38-26-28-39(35-21-10-9-20-34(35)38)51-40-24-12-23-37-33-19-8-7-18-32(33)36-22-11-17-29-25-27-41(51)44(42(29)36)43(37)40;1-2-11-31(12-3-1)45-48-46(50-47(49-45)34-21-20-29-10-4-5-13-33(29)28-34)32-22-25-35(26-23-32)51-40-19-9-18-39-37-16-7-6-15-36(37)38-17-8-14-30-24-27-41(51)44(42(30)38)43(39)40;1-2-10-23(11-3-1)35-28-15-6-7-18-29(28)37-36(38-35)39-30-19-9-17-27-25-14-5-4-13-24(25)26-16-8-12-22-20-21-31(39)34(32(22)26)33(27)30/h2*1-28H;1-21H. The van der Waals surface area contributed by atoms with E-state index in [-0.39, 0.29) is 0 Å². The Labute approximate surface area is 808 Å². The van der Waals surface area contributed by atoms with Gasteiger partial charge in [0.25, 0.3) is 0 Å². The zero-order chi connectivity index (χ0) is 92.4. The molecule has 11 nitrogen and oxygen atoms in total. The number of para-hydroxylation sites is 1. The fourth-order valence-corrected chi connectivity index (χ4v) is 22.8. The van der Waals surface area contributed by atoms with Crippen molar-refractivity contribution in [1.82, 2.24) is 53.6 Å². The van der Waals surface area contributed by atoms with Crippen LogP contribution >= 0.6 is 0 Å². The van der Waals surface area contributed by atoms with Crippen molar-refractivity contribution in [2.75, 3.05) is 0 Å². The van der Waals surface area contributed by atoms with Crippen LogP contribution < -0.4 is 0 Å². The molecule has 22 aromatic carbocycles. The molecule has 652 valence electrons. The third-order valence-electron chi connectivity index (χ3n) is 28.9. The summed E-state index contributed by atoms with van der Waals surface area (Å²) in [5.74, 6) is 4.60. The Balaban J connectivity index is 0.000000102. The van der Waals surface area contributed by atoms with Crippen molar-refractivity contribution in [1.29, 1.82) is 0 Å². The first-order valence-corrected chi connectivity index (χ1v) is 47.9. The first kappa shape index (κ1) is 79.3. The van der Waals surface area contributed by atoms with E-state index >= 15 is 0 Å². The predicted octanol–water partition coefficient (Wildman–Crippen LogP) is 33.0. The smallest absolute Gasteiger partial charge is 0.235 e. The van der Waals surface area contributed by atoms with Crippen LogP contribution in [0.2, 0.25) is 0 Å². The Morgan fingerprint density at radius 1 is 0.149 bits per heavy atom. The van der Waals surface area contributed by atoms with Gasteiger partial charge in [-0.05, 0) is 200 Å². The number of aromatic nitrogens is 11. The zero-order valence-electron chi connectivity index (χ0n) is 75.9. The first-order chi connectivity index (χ1) is 70.0. The van der Waals surface area contributed by atoms with Crippen molar-refractivity contribution in [2.45, 2.75) is 0 Å². The quantitative estimate of drug-likeness (QED) is 0.133. The second kappa shape index (κ2) is 31.8. The van der Waals surface area contributed by atoms with E-state index in [1.807, 2.05) is 103 Å². The SMILES string of the molecule is c1ccc(-c2nc(-c3ccc(-n4c5cccc6c5c5c7c(cccc7ccc54)-c4ccccc4-6)cc3)nc(-c3ccc4ccccc4c3)n2)cc1.c1ccc(-c2nc(-c3ccccc3)nc(-c3ccc(-n4c5cccc6c5c5c7c(cccc7ccc54)-c4ccccc4-6)c4ccccc34)n2)cc1.c1ccc(-c2nc(-n3c4cccc5c4c4c6c(cccc6ccc43)-c3ccccc3-5)nc3ccccc23)cc1. The summed E-state index contributed by atoms with van der Waals surface area (Å²) < 4.78 is 7.13. The lowest BCUT2D eigenvalue weighted by Gasteiger charge is -2.16. The molecule has 0 saturated heterocycles. The summed E-state index contributed by atoms with van der Waals surface area (Å²) >= 11 is 0. The van der Waals surface area contributed by atoms with Gasteiger partial charge in [-0.15, -0.1) is 0 Å². The largest absolute Gasteiger partial charge is 0.309 e. The maximum atomic E-state index is 5.26. The molecule has 0 radical (unpaired) electrons. The second-order valence-electron chi connectivity index (χ2n) is 36.6. The predicted molar refractivity (Wildman–Crippen MR) is 581 cm³/mol. The van der Waals surface area contributed by atoms with Gasteiger partial charge in [0.2, 0.25) is 5.95 Å². The molecule has 0 aliphatic heterocycles. The summed E-state index contributed by atoms with van der Waals surface area (Å²) in [6.45, 7) is 0. The van der Waals surface area contributed by atoms with Crippen molar-refractivity contribution in [2.24, 2.45) is 0 Å². The van der Waals surface area contributed by atoms with E-state index in [1.165, 1.54) is 159 Å². The lowest BCUT2D eigenvalue weighted by molar-refractivity contribution is 1.01. The highest BCUT2D eigenvalue weighted by molar-refractivity contribution is 6.34. The fraction of sp³-hybridized carbons (Fsp3) is 0. The molecule has 0 atom stereocenters. The summed E-state index contributed by atoms with van der Waals surface area (Å²) in [4.78, 5) is 40.6. The van der Waals surface area contributed by atoms with Gasteiger partial charge in [0.1, 0.15) is 0 Å². The molecule has 3 aliphatic carbocycles. The van der Waals surface area contributed by atoms with E-state index in [1.54, 1.807) is 0 Å². The van der Waals surface area contributed by atoms with E-state index in [0.29, 0.717) is 40.9 Å². The highest BCUT2D eigenvalue weighted by Gasteiger charge is 2.32. The lowest BCUT2D eigenvalue weighted by Crippen LogP contribution is -2.03. The van der Waals surface area contributed by atoms with Gasteiger partial charge in [-0.3, -0.25) is 4.57 Å². The number of benzene rings is 22. The normalized spacial score (nSPS) is 12.0. The third-order valence-corrected chi connectivity index (χ3v) is 28.9. The van der Waals surface area contributed by atoms with Crippen LogP contribution in [0.4, 0.5) is 0 Å². The van der Waals surface area contributed by atoms with Crippen LogP contribution in [0.3, 0.4) is 0 Å². The van der Waals surface area contributed by atoms with Gasteiger partial charge < -0.3 is 9.13 Å². The monoisotopic (exact) mass is 1790 g/mol. The van der Waals surface area contributed by atoms with E-state index in [0.717, 1.165) is 94.1 Å². The summed E-state index contributed by atoms with van der Waals surface area (Å²) in [6.07, 6.45) is 0. The van der Waals surface area contributed by atoms with Crippen molar-refractivity contribution >= 4 is 130 Å². The molecule has 6 heterocycles. The highest BCUT2D eigenvalue weighted by Crippen LogP contribution is 2.55. The molecule has 0 saturated carbocycles. The Morgan fingerprint density at radius 3 is 0.943 bits per heavy atom. The minimum Gasteiger partial charge on any atom is -0.309 e. The average molecular weight is 1790 g/mol. The average Bonchev–Trinajstić information content (AvgIpc) is 1.55. The number of nitrogens with zero attached hydrogens (tertiary/aromatic N) is 11. The maximum Gasteiger partial charge on any atom is 0.235 e. The molecule has 0 amide bonds. The minimum absolute atomic E-state index is 0.643. The molecule has 11 heteroatoms. The molecular formula is C130H77N11. The molecule has 0 bridgehead atoms. The van der Waals surface area contributed by atoms with Crippen molar-refractivity contribution in [3.8, 4) is 164 Å². The van der Waals surface area contributed by atoms with Crippen LogP contribution in [-0.2, 0) is 0 Å². The summed E-state index contributed by atoms with van der Waals surface area (Å²) in [7, 11) is 0. The lowest BCUT2D eigenvalue weighted by atomic mass is 9.93. The highest BCUT2D eigenvalue weighted by atomic mass is 15.2. The molecule has 0 N–H and O–H groups in total. The number of rotatable bonds is 10. The molecule has 141 heavy (non-hydrogen) atoms. The van der Waals surface area contributed by atoms with Gasteiger partial charge in [0.15, 0.2) is 34.9 Å². The second-order valence-corrected chi connectivity index (χ2v) is 36.6. The van der Waals surface area contributed by atoms with Gasteiger partial charge >= 0.3 is 0 Å². The summed E-state index contributed by atoms with van der Waals surface area (Å²) in [5.41, 5.74) is 33.2. The van der Waals surface area contributed by atoms with E-state index < -0.39 is 0 Å². The summed E-state index contributed by atoms with van der Waals surface area (Å²) in [5, 5.41) is 21.0. The molecular weight excluding hydrogens is 1720 g/mol. The van der Waals surface area contributed by atoms with Gasteiger partial charge in [-0.25, -0.2) is 39.9 Å². The van der Waals surface area contributed by atoms with Crippen molar-refractivity contribution in [3.63, 3.8) is 0 Å². The molecule has 6 aromatic heterocycles. The van der Waals surface area contributed by atoms with Crippen LogP contribution in [0.5, 0.6) is 0 Å². The number of fused-ring (bicyclic) bond motifs is 12. The third kappa shape index (κ3) is 12.5. The number of hydrogen-bond acceptors (Lipinski definition) is 8. The Hall–Kier alpha value is -19.1. The van der Waals surface area contributed by atoms with E-state index in [9.17, 15) is 0 Å². The molecule has 3 aliphatic rings. The van der Waals surface area contributed by atoms with Gasteiger partial charge in [-0.1, -0.05) is 382 Å². The minimum atomic E-state index is 0.643. The van der Waals surface area contributed by atoms with Gasteiger partial charge in [0, 0.05) is 87.7 Å². The summed E-state index contributed by atoms with van der Waals surface area (Å²) in [6, 6.07) is 166.